The molecular formula is C19H25N2O5P. The van der Waals surface area contributed by atoms with Crippen LogP contribution < -0.4 is 11.1 Å². The number of hydrogen-bond donors (Lipinski definition) is 6. The van der Waals surface area contributed by atoms with Gasteiger partial charge in [0.1, 0.15) is 0 Å². The Balaban J connectivity index is 0.000000409. The third kappa shape index (κ3) is 16.5. The smallest absolute Gasteiger partial charge is 0.400 e. The Morgan fingerprint density at radius 1 is 0.667 bits per heavy atom. The molecule has 3 aromatic rings. The molecule has 0 aromatic heterocycles. The number of rotatable bonds is 2. The first-order valence-corrected chi connectivity index (χ1v) is 9.32. The van der Waals surface area contributed by atoms with Gasteiger partial charge in [0.2, 0.25) is 0 Å². The summed E-state index contributed by atoms with van der Waals surface area (Å²) in [5, 5.41) is 10.3. The van der Waals surface area contributed by atoms with E-state index in [2.05, 4.69) is 5.32 Å². The van der Waals surface area contributed by atoms with Crippen molar-refractivity contribution in [1.82, 2.24) is 0 Å². The van der Waals surface area contributed by atoms with Crippen molar-refractivity contribution in [2.45, 2.75) is 0 Å². The second-order valence-electron chi connectivity index (χ2n) is 4.78. The van der Waals surface area contributed by atoms with E-state index in [1.165, 1.54) is 0 Å². The summed E-state index contributed by atoms with van der Waals surface area (Å²) in [5.74, 6) is 0. The van der Waals surface area contributed by atoms with E-state index < -0.39 is 7.82 Å². The molecule has 0 saturated carbocycles. The van der Waals surface area contributed by atoms with Crippen molar-refractivity contribution in [3.8, 4) is 0 Å². The molecule has 3 rings (SSSR count). The lowest BCUT2D eigenvalue weighted by atomic mass is 10.3. The Bertz CT molecular complexity index is 707. The number of benzene rings is 3. The van der Waals surface area contributed by atoms with Crippen LogP contribution in [-0.2, 0) is 4.57 Å². The fraction of sp³-hybridized carbons (Fsp3) is 0.0526. The molecule has 27 heavy (non-hydrogen) atoms. The number of para-hydroxylation sites is 3. The SMILES string of the molecule is CO.Nc1ccccc1.O=P(O)(O)O.c1ccc(Nc2ccccc2)cc1. The Morgan fingerprint density at radius 3 is 1.15 bits per heavy atom. The van der Waals surface area contributed by atoms with Gasteiger partial charge in [-0.25, -0.2) is 4.57 Å². The molecule has 0 radical (unpaired) electrons. The van der Waals surface area contributed by atoms with Gasteiger partial charge in [0.25, 0.3) is 0 Å². The van der Waals surface area contributed by atoms with Crippen molar-refractivity contribution < 1.29 is 24.4 Å². The van der Waals surface area contributed by atoms with Crippen LogP contribution in [0.15, 0.2) is 91.0 Å². The van der Waals surface area contributed by atoms with Gasteiger partial charge in [-0.1, -0.05) is 54.6 Å². The van der Waals surface area contributed by atoms with Gasteiger partial charge >= 0.3 is 7.82 Å². The van der Waals surface area contributed by atoms with Gasteiger partial charge in [-0.2, -0.15) is 0 Å². The number of nitrogens with one attached hydrogen (secondary N) is 1. The van der Waals surface area contributed by atoms with Crippen molar-refractivity contribution >= 4 is 24.9 Å². The minimum Gasteiger partial charge on any atom is -0.400 e. The lowest BCUT2D eigenvalue weighted by Crippen LogP contribution is -1.87. The van der Waals surface area contributed by atoms with Gasteiger partial charge in [-0.05, 0) is 36.4 Å². The zero-order valence-corrected chi connectivity index (χ0v) is 15.8. The van der Waals surface area contributed by atoms with Crippen molar-refractivity contribution in [1.29, 1.82) is 0 Å². The predicted molar refractivity (Wildman–Crippen MR) is 109 cm³/mol. The lowest BCUT2D eigenvalue weighted by Gasteiger charge is -2.04. The topological polar surface area (TPSA) is 136 Å². The van der Waals surface area contributed by atoms with Crippen LogP contribution in [0.5, 0.6) is 0 Å². The van der Waals surface area contributed by atoms with E-state index in [0.29, 0.717) is 0 Å². The molecule has 7 nitrogen and oxygen atoms in total. The van der Waals surface area contributed by atoms with Crippen LogP contribution in [0, 0.1) is 0 Å². The van der Waals surface area contributed by atoms with Crippen LogP contribution in [0.25, 0.3) is 0 Å². The Labute approximate surface area is 159 Å². The molecular weight excluding hydrogens is 367 g/mol. The van der Waals surface area contributed by atoms with Gasteiger partial charge in [-0.3, -0.25) is 0 Å². The minimum atomic E-state index is -4.64. The first kappa shape index (κ1) is 24.3. The molecule has 146 valence electrons. The number of hydrogen-bond acceptors (Lipinski definition) is 4. The summed E-state index contributed by atoms with van der Waals surface area (Å²) in [7, 11) is -3.64. The summed E-state index contributed by atoms with van der Waals surface area (Å²) >= 11 is 0. The molecule has 0 bridgehead atoms. The molecule has 0 aliphatic carbocycles. The highest BCUT2D eigenvalue weighted by Crippen LogP contribution is 2.25. The number of anilines is 3. The Morgan fingerprint density at radius 2 is 0.926 bits per heavy atom. The summed E-state index contributed by atoms with van der Waals surface area (Å²) in [6, 6.07) is 29.8. The number of aliphatic hydroxyl groups excluding tert-OH is 1. The van der Waals surface area contributed by atoms with Crippen molar-refractivity contribution in [3.63, 3.8) is 0 Å². The third-order valence-corrected chi connectivity index (χ3v) is 2.64. The first-order chi connectivity index (χ1) is 12.8. The minimum absolute atomic E-state index is 0.822. The first-order valence-electron chi connectivity index (χ1n) is 7.75. The second kappa shape index (κ2) is 14.5. The van der Waals surface area contributed by atoms with Gasteiger partial charge in [0.05, 0.1) is 0 Å². The van der Waals surface area contributed by atoms with E-state index in [-0.39, 0.29) is 0 Å². The summed E-state index contributed by atoms with van der Waals surface area (Å²) in [6.45, 7) is 0. The van der Waals surface area contributed by atoms with Crippen LogP contribution in [0.4, 0.5) is 17.1 Å². The van der Waals surface area contributed by atoms with Crippen LogP contribution in [0.1, 0.15) is 0 Å². The second-order valence-corrected chi connectivity index (χ2v) is 5.81. The summed E-state index contributed by atoms with van der Waals surface area (Å²) in [4.78, 5) is 21.6. The van der Waals surface area contributed by atoms with E-state index >= 15 is 0 Å². The van der Waals surface area contributed by atoms with E-state index in [4.69, 9.17) is 30.1 Å². The molecule has 0 saturated heterocycles. The van der Waals surface area contributed by atoms with E-state index in [1.807, 2.05) is 91.0 Å². The third-order valence-electron chi connectivity index (χ3n) is 2.64. The van der Waals surface area contributed by atoms with Crippen molar-refractivity contribution in [2.75, 3.05) is 18.2 Å². The van der Waals surface area contributed by atoms with Gasteiger partial charge in [0, 0.05) is 24.2 Å². The van der Waals surface area contributed by atoms with E-state index in [0.717, 1.165) is 24.2 Å². The van der Waals surface area contributed by atoms with Gasteiger partial charge in [0.15, 0.2) is 0 Å². The van der Waals surface area contributed by atoms with Crippen LogP contribution in [-0.4, -0.2) is 26.9 Å². The maximum Gasteiger partial charge on any atom is 0.466 e. The summed E-state index contributed by atoms with van der Waals surface area (Å²) in [6.07, 6.45) is 0. The number of aliphatic hydroxyl groups is 1. The zero-order chi connectivity index (χ0) is 20.5. The summed E-state index contributed by atoms with van der Waals surface area (Å²) < 4.78 is 8.88. The quantitative estimate of drug-likeness (QED) is 0.291. The number of nitrogen functional groups attached to an aromatic ring is 1. The van der Waals surface area contributed by atoms with Crippen LogP contribution >= 0.6 is 7.82 Å². The lowest BCUT2D eigenvalue weighted by molar-refractivity contribution is 0.275. The van der Waals surface area contributed by atoms with Crippen LogP contribution in [0.3, 0.4) is 0 Å². The maximum atomic E-state index is 8.88. The van der Waals surface area contributed by atoms with E-state index in [1.54, 1.807) is 0 Å². The monoisotopic (exact) mass is 392 g/mol. The molecule has 3 aromatic carbocycles. The van der Waals surface area contributed by atoms with Crippen LogP contribution in [0.2, 0.25) is 0 Å². The Kier molecular flexibility index (Phi) is 13.1. The number of nitrogens with two attached hydrogens (primary N) is 1. The highest BCUT2D eigenvalue weighted by molar-refractivity contribution is 7.45. The zero-order valence-electron chi connectivity index (χ0n) is 14.9. The Hall–Kier alpha value is -2.67. The molecule has 7 N–H and O–H groups in total. The average Bonchev–Trinajstić information content (AvgIpc) is 2.65. The molecule has 0 fully saturated rings. The number of phosphoric acid groups is 1. The van der Waals surface area contributed by atoms with Gasteiger partial charge in [-0.15, -0.1) is 0 Å². The molecule has 0 aliphatic rings. The molecule has 0 amide bonds. The predicted octanol–water partition coefficient (Wildman–Crippen LogP) is 3.38. The standard InChI is InChI=1S/C12H11N.C6H7N.CH4O.H3O4P/c1-3-7-11(8-4-1)13-12-9-5-2-6-10-12;7-6-4-2-1-3-5-6;1-2;1-5(2,3)4/h1-10,13H;1-5H,7H2;2H,1H3;(H3,1,2,3,4). The maximum absolute atomic E-state index is 8.88. The highest BCUT2D eigenvalue weighted by atomic mass is 31.2. The van der Waals surface area contributed by atoms with E-state index in [9.17, 15) is 0 Å². The highest BCUT2D eigenvalue weighted by Gasteiger charge is 2.00. The summed E-state index contributed by atoms with van der Waals surface area (Å²) in [5.41, 5.74) is 8.42. The molecule has 0 aliphatic heterocycles. The largest absolute Gasteiger partial charge is 0.466 e. The normalized spacial score (nSPS) is 9.22. The average molecular weight is 392 g/mol. The molecule has 0 atom stereocenters. The molecule has 0 unspecified atom stereocenters. The van der Waals surface area contributed by atoms with Gasteiger partial charge < -0.3 is 30.8 Å². The molecule has 8 heteroatoms. The fourth-order valence-corrected chi connectivity index (χ4v) is 1.66. The van der Waals surface area contributed by atoms with Crippen molar-refractivity contribution in [3.05, 3.63) is 91.0 Å². The van der Waals surface area contributed by atoms with Crippen molar-refractivity contribution in [2.24, 2.45) is 0 Å². The molecule has 0 heterocycles. The molecule has 0 spiro atoms. The fourth-order valence-electron chi connectivity index (χ4n) is 1.66.